The van der Waals surface area contributed by atoms with E-state index in [4.69, 9.17) is 0 Å². The van der Waals surface area contributed by atoms with E-state index in [1.807, 2.05) is 0 Å². The van der Waals surface area contributed by atoms with Gasteiger partial charge in [-0.2, -0.15) is 0 Å². The molecule has 0 atom stereocenters. The minimum absolute atomic E-state index is 0.884. The Kier molecular flexibility index (Phi) is 69.4. The van der Waals surface area contributed by atoms with Gasteiger partial charge < -0.3 is 0 Å². The van der Waals surface area contributed by atoms with Gasteiger partial charge in [-0.15, -0.1) is 0 Å². The van der Waals surface area contributed by atoms with E-state index in [1.54, 1.807) is 0 Å². The summed E-state index contributed by atoms with van der Waals surface area (Å²) in [7, 11) is 0. The predicted molar refractivity (Wildman–Crippen MR) is 331 cm³/mol. The molecule has 0 N–H and O–H groups in total. The van der Waals surface area contributed by atoms with Crippen molar-refractivity contribution in [1.29, 1.82) is 0 Å². The first kappa shape index (κ1) is 78.3. The van der Waals surface area contributed by atoms with Gasteiger partial charge in [0.25, 0.3) is 0 Å². The fourth-order valence-corrected chi connectivity index (χ4v) is 3.57. The highest BCUT2D eigenvalue weighted by Gasteiger charge is 1.95. The summed E-state index contributed by atoms with van der Waals surface area (Å²) >= 11 is 0. The molecule has 0 aliphatic carbocycles. The van der Waals surface area contributed by atoms with Crippen molar-refractivity contribution in [1.82, 2.24) is 0 Å². The van der Waals surface area contributed by atoms with Crippen LogP contribution in [0.3, 0.4) is 0 Å². The Bertz CT molecular complexity index is 1150. The Morgan fingerprint density at radius 1 is 0.200 bits per heavy atom. The first-order valence-electron chi connectivity index (χ1n) is 29.2. The molecule has 408 valence electrons. The third kappa shape index (κ3) is 81.8. The van der Waals surface area contributed by atoms with Gasteiger partial charge in [-0.1, -0.05) is 339 Å². The van der Waals surface area contributed by atoms with Crippen molar-refractivity contribution in [3.63, 3.8) is 0 Å². The summed E-state index contributed by atoms with van der Waals surface area (Å²) in [6.45, 7) is 53.1. The normalized spacial score (nSPS) is 9.83. The Morgan fingerprint density at radius 3 is 0.386 bits per heavy atom. The number of hydrogen-bond donors (Lipinski definition) is 0. The first-order chi connectivity index (χ1) is 33.1. The topological polar surface area (TPSA) is 0 Å². The molecule has 4 aromatic carbocycles. The molecule has 0 spiro atoms. The van der Waals surface area contributed by atoms with Gasteiger partial charge in [0.15, 0.2) is 0 Å². The van der Waals surface area contributed by atoms with Crippen molar-refractivity contribution in [2.24, 2.45) is 47.3 Å². The summed E-state index contributed by atoms with van der Waals surface area (Å²) < 4.78 is 0. The van der Waals surface area contributed by atoms with Crippen LogP contribution in [0.4, 0.5) is 0 Å². The van der Waals surface area contributed by atoms with Crippen LogP contribution in [-0.4, -0.2) is 0 Å². The van der Waals surface area contributed by atoms with Gasteiger partial charge >= 0.3 is 0 Å². The lowest BCUT2D eigenvalue weighted by Gasteiger charge is -2.01. The van der Waals surface area contributed by atoms with E-state index in [9.17, 15) is 0 Å². The Hall–Kier alpha value is -3.12. The number of benzene rings is 4. The summed E-state index contributed by atoms with van der Waals surface area (Å²) in [5.74, 6) is 7.07. The van der Waals surface area contributed by atoms with Crippen molar-refractivity contribution in [2.45, 2.75) is 256 Å². The molecule has 0 fully saturated rings. The molecule has 0 aliphatic heterocycles. The minimum atomic E-state index is 0.884. The van der Waals surface area contributed by atoms with E-state index in [1.165, 1.54) is 112 Å². The van der Waals surface area contributed by atoms with Crippen molar-refractivity contribution in [3.05, 3.63) is 144 Å². The maximum Gasteiger partial charge on any atom is -0.0276 e. The molecule has 0 amide bonds. The molecule has 70 heavy (non-hydrogen) atoms. The molecule has 0 heterocycles. The van der Waals surface area contributed by atoms with Gasteiger partial charge in [0.2, 0.25) is 0 Å². The van der Waals surface area contributed by atoms with Gasteiger partial charge in [0, 0.05) is 0 Å². The maximum atomic E-state index is 2.22. The van der Waals surface area contributed by atoms with Crippen LogP contribution < -0.4 is 0 Å². The molecule has 0 unspecified atom stereocenters. The quantitative estimate of drug-likeness (QED) is 0.105. The molecule has 0 saturated heterocycles. The summed E-state index contributed by atoms with van der Waals surface area (Å²) in [6.07, 6.45) is 17.6. The van der Waals surface area contributed by atoms with Gasteiger partial charge in [0.1, 0.15) is 0 Å². The zero-order chi connectivity index (χ0) is 55.0. The lowest BCUT2D eigenvalue weighted by molar-refractivity contribution is 0.626. The van der Waals surface area contributed by atoms with Crippen LogP contribution >= 0.6 is 0 Å². The van der Waals surface area contributed by atoms with E-state index in [0.717, 1.165) is 47.3 Å². The highest BCUT2D eigenvalue weighted by Crippen LogP contribution is 2.09. The fraction of sp³-hybridized carbons (Fsp3) is 0.657. The van der Waals surface area contributed by atoms with Gasteiger partial charge in [-0.3, -0.25) is 0 Å². The fourth-order valence-electron chi connectivity index (χ4n) is 3.57. The SMILES string of the molecule is CCC(C)C.CCC(C)C.CCC(C)C.CCC(C)C.CCC(C)C.CCC(C)C.CCC(C)C.CCC(C)C.c1ccc(CCCc2ccccc2)cc1.c1ccc(CCCc2ccccc2)cc1. The van der Waals surface area contributed by atoms with Gasteiger partial charge in [0.05, 0.1) is 0 Å². The molecule has 0 radical (unpaired) electrons. The van der Waals surface area contributed by atoms with Crippen LogP contribution in [-0.2, 0) is 25.7 Å². The summed E-state index contributed by atoms with van der Waals surface area (Å²) in [6, 6.07) is 42.7. The number of aryl methyl sites for hydroxylation is 4. The third-order valence-electron chi connectivity index (χ3n) is 11.8. The Balaban J connectivity index is -0.000000172. The molecule has 0 heteroatoms. The van der Waals surface area contributed by atoms with E-state index < -0.39 is 0 Å². The summed E-state index contributed by atoms with van der Waals surface area (Å²) in [4.78, 5) is 0. The maximum absolute atomic E-state index is 2.22. The molecule has 0 saturated carbocycles. The van der Waals surface area contributed by atoms with Crippen molar-refractivity contribution >= 4 is 0 Å². The second-order valence-corrected chi connectivity index (χ2v) is 22.1. The summed E-state index contributed by atoms with van der Waals surface area (Å²) in [5, 5.41) is 0. The lowest BCUT2D eigenvalue weighted by Crippen LogP contribution is -1.89. The monoisotopic (exact) mass is 969 g/mol. The second kappa shape index (κ2) is 62.0. The second-order valence-electron chi connectivity index (χ2n) is 22.1. The third-order valence-corrected chi connectivity index (χ3v) is 11.8. The number of hydrogen-bond acceptors (Lipinski definition) is 0. The van der Waals surface area contributed by atoms with E-state index >= 15 is 0 Å². The largest absolute Gasteiger partial charge is 0.0651 e. The smallest absolute Gasteiger partial charge is 0.0276 e. The lowest BCUT2D eigenvalue weighted by atomic mass is 10.0. The van der Waals surface area contributed by atoms with Crippen LogP contribution in [0.2, 0.25) is 0 Å². The highest BCUT2D eigenvalue weighted by atomic mass is 14.0. The number of rotatable bonds is 16. The molecular weight excluding hydrogens is 841 g/mol. The standard InChI is InChI=1S/2C15H16.8C5H12/c2*1-3-8-14(9-4-1)12-7-13-15-10-5-2-6-11-15;8*1-4-5(2)3/h2*1-6,8-11H,7,12-13H2;8*5H,4H2,1-3H3. The van der Waals surface area contributed by atoms with E-state index in [0.29, 0.717) is 0 Å². The zero-order valence-electron chi connectivity index (χ0n) is 52.1. The average molecular weight is 970 g/mol. The van der Waals surface area contributed by atoms with Crippen molar-refractivity contribution in [3.8, 4) is 0 Å². The van der Waals surface area contributed by atoms with Gasteiger partial charge in [-0.05, 0) is 108 Å². The molecule has 0 aliphatic rings. The summed E-state index contributed by atoms with van der Waals surface area (Å²) in [5.41, 5.74) is 5.75. The molecule has 0 aromatic heterocycles. The minimum Gasteiger partial charge on any atom is -0.0651 e. The molecule has 0 nitrogen and oxygen atoms in total. The highest BCUT2D eigenvalue weighted by molar-refractivity contribution is 5.18. The van der Waals surface area contributed by atoms with Crippen LogP contribution in [0.15, 0.2) is 121 Å². The predicted octanol–water partition coefficient (Wildman–Crippen LogP) is 24.1. The van der Waals surface area contributed by atoms with E-state index in [-0.39, 0.29) is 0 Å². The molecule has 4 rings (SSSR count). The Labute approximate surface area is 444 Å². The molecule has 0 bridgehead atoms. The van der Waals surface area contributed by atoms with Crippen LogP contribution in [0.25, 0.3) is 0 Å². The Morgan fingerprint density at radius 2 is 0.300 bits per heavy atom. The average Bonchev–Trinajstić information content (AvgIpc) is 3.36. The van der Waals surface area contributed by atoms with Crippen LogP contribution in [0.1, 0.15) is 253 Å². The van der Waals surface area contributed by atoms with Crippen molar-refractivity contribution in [2.75, 3.05) is 0 Å². The van der Waals surface area contributed by atoms with Crippen LogP contribution in [0.5, 0.6) is 0 Å². The zero-order valence-corrected chi connectivity index (χ0v) is 52.1. The van der Waals surface area contributed by atoms with E-state index in [2.05, 4.69) is 287 Å². The molecular formula is C70H128. The van der Waals surface area contributed by atoms with Crippen molar-refractivity contribution < 1.29 is 0 Å². The van der Waals surface area contributed by atoms with Gasteiger partial charge in [-0.25, -0.2) is 0 Å². The molecule has 4 aromatic rings. The van der Waals surface area contributed by atoms with Crippen LogP contribution in [0, 0.1) is 47.3 Å². The first-order valence-corrected chi connectivity index (χ1v) is 29.2.